The molecule has 0 fully saturated rings. The molecule has 0 bridgehead atoms. The third-order valence-corrected chi connectivity index (χ3v) is 6.44. The fourth-order valence-corrected chi connectivity index (χ4v) is 4.73. The number of thioether (sulfide) groups is 1. The molecular formula is C21H29FN6OS. The molecule has 0 aromatic carbocycles. The first kappa shape index (κ1) is 22.3. The molecule has 0 radical (unpaired) electrons. The van der Waals surface area contributed by atoms with Gasteiger partial charge in [0.2, 0.25) is 5.91 Å². The van der Waals surface area contributed by atoms with Crippen molar-refractivity contribution in [3.63, 3.8) is 0 Å². The molecule has 30 heavy (non-hydrogen) atoms. The lowest BCUT2D eigenvalue weighted by molar-refractivity contribution is -0.120. The van der Waals surface area contributed by atoms with Crippen molar-refractivity contribution >= 4 is 34.7 Å². The molecule has 1 aliphatic rings. The molecule has 0 aliphatic heterocycles. The predicted molar refractivity (Wildman–Crippen MR) is 119 cm³/mol. The van der Waals surface area contributed by atoms with Gasteiger partial charge in [-0.2, -0.15) is 0 Å². The zero-order chi connectivity index (χ0) is 21.7. The highest BCUT2D eigenvalue weighted by Gasteiger charge is 2.21. The molecular weight excluding hydrogens is 403 g/mol. The van der Waals surface area contributed by atoms with Crippen LogP contribution in [0, 0.1) is 5.92 Å². The molecule has 162 valence electrons. The molecule has 0 saturated heterocycles. The number of alkyl halides is 1. The van der Waals surface area contributed by atoms with E-state index in [0.717, 1.165) is 24.2 Å². The van der Waals surface area contributed by atoms with E-state index in [1.54, 1.807) is 7.05 Å². The van der Waals surface area contributed by atoms with Crippen molar-refractivity contribution in [3.05, 3.63) is 29.0 Å². The van der Waals surface area contributed by atoms with Crippen LogP contribution in [0.25, 0.3) is 11.2 Å². The first-order chi connectivity index (χ1) is 14.4. The number of nitrogens with two attached hydrogens (primary N) is 1. The first-order valence-electron chi connectivity index (χ1n) is 10.3. The summed E-state index contributed by atoms with van der Waals surface area (Å²) in [6.07, 6.45) is 8.16. The highest BCUT2D eigenvalue weighted by atomic mass is 32.2. The lowest BCUT2D eigenvalue weighted by Crippen LogP contribution is -2.19. The summed E-state index contributed by atoms with van der Waals surface area (Å²) in [5.74, 6) is 0.0427. The van der Waals surface area contributed by atoms with Crippen LogP contribution in [0.4, 0.5) is 10.2 Å². The lowest BCUT2D eigenvalue weighted by atomic mass is 10.0. The smallest absolute Gasteiger partial charge is 0.221 e. The maximum absolute atomic E-state index is 14.5. The van der Waals surface area contributed by atoms with E-state index in [-0.39, 0.29) is 18.2 Å². The second-order valence-corrected chi connectivity index (χ2v) is 8.43. The molecule has 1 aliphatic carbocycles. The van der Waals surface area contributed by atoms with Crippen LogP contribution in [0.5, 0.6) is 0 Å². The number of aryl methyl sites for hydroxylation is 1. The van der Waals surface area contributed by atoms with Crippen molar-refractivity contribution in [2.24, 2.45) is 5.92 Å². The second kappa shape index (κ2) is 10.1. The summed E-state index contributed by atoms with van der Waals surface area (Å²) in [5.41, 5.74) is 8.31. The number of halogens is 1. The van der Waals surface area contributed by atoms with E-state index >= 15 is 0 Å². The molecule has 2 aromatic rings. The van der Waals surface area contributed by atoms with Gasteiger partial charge in [-0.25, -0.2) is 19.3 Å². The van der Waals surface area contributed by atoms with Crippen molar-refractivity contribution < 1.29 is 9.18 Å². The molecule has 0 spiro atoms. The van der Waals surface area contributed by atoms with Crippen molar-refractivity contribution in [1.82, 2.24) is 24.8 Å². The van der Waals surface area contributed by atoms with E-state index in [0.29, 0.717) is 35.1 Å². The highest BCUT2D eigenvalue weighted by molar-refractivity contribution is 8.03. The Labute approximate surface area is 180 Å². The Kier molecular flexibility index (Phi) is 7.47. The fourth-order valence-electron chi connectivity index (χ4n) is 3.47. The number of nitrogen functional groups attached to an aromatic ring is 1. The Balaban J connectivity index is 2.04. The maximum atomic E-state index is 14.5. The number of fused-ring (bicyclic) bond motifs is 1. The lowest BCUT2D eigenvalue weighted by Gasteiger charge is -2.15. The molecule has 7 nitrogen and oxygen atoms in total. The molecule has 3 N–H and O–H groups in total. The van der Waals surface area contributed by atoms with Crippen LogP contribution < -0.4 is 11.1 Å². The summed E-state index contributed by atoms with van der Waals surface area (Å²) in [5, 5.41) is 3.31. The second-order valence-electron chi connectivity index (χ2n) is 7.42. The third kappa shape index (κ3) is 5.00. The molecule has 2 aromatic heterocycles. The Bertz CT molecular complexity index is 970. The summed E-state index contributed by atoms with van der Waals surface area (Å²) < 4.78 is 16.4. The van der Waals surface area contributed by atoms with Gasteiger partial charge in [-0.3, -0.25) is 4.79 Å². The van der Waals surface area contributed by atoms with Crippen LogP contribution in [0.1, 0.15) is 46.0 Å². The van der Waals surface area contributed by atoms with Gasteiger partial charge in [-0.05, 0) is 31.3 Å². The van der Waals surface area contributed by atoms with Crippen LogP contribution in [-0.4, -0.2) is 38.6 Å². The number of anilines is 1. The van der Waals surface area contributed by atoms with Gasteiger partial charge in [0.05, 0.1) is 0 Å². The molecule has 2 atom stereocenters. The van der Waals surface area contributed by atoms with Crippen molar-refractivity contribution in [2.75, 3.05) is 12.8 Å². The molecule has 2 unspecified atom stereocenters. The summed E-state index contributed by atoms with van der Waals surface area (Å²) in [6.45, 7) is 4.43. The van der Waals surface area contributed by atoms with Crippen molar-refractivity contribution in [3.8, 4) is 0 Å². The quantitative estimate of drug-likeness (QED) is 0.715. The first-order valence-corrected chi connectivity index (χ1v) is 11.2. The van der Waals surface area contributed by atoms with E-state index < -0.39 is 6.17 Å². The Morgan fingerprint density at radius 2 is 2.23 bits per heavy atom. The predicted octanol–water partition coefficient (Wildman–Crippen LogP) is 4.02. The molecule has 2 heterocycles. The Hall–Kier alpha value is -2.42. The number of nitrogens with zero attached hydrogens (tertiary/aromatic N) is 4. The maximum Gasteiger partial charge on any atom is 0.221 e. The fraction of sp³-hybridized carbons (Fsp3) is 0.524. The summed E-state index contributed by atoms with van der Waals surface area (Å²) in [6, 6.07) is 0. The highest BCUT2D eigenvalue weighted by Crippen LogP contribution is 2.37. The molecule has 3 rings (SSSR count). The SMILES string of the molecule is CCC1=CCCCC(F)C(C)C=C1Sc1nc2c(N)ncnc2n1CCC(=O)NC. The average molecular weight is 433 g/mol. The monoisotopic (exact) mass is 432 g/mol. The van der Waals surface area contributed by atoms with Crippen LogP contribution in [0.15, 0.2) is 34.1 Å². The van der Waals surface area contributed by atoms with E-state index in [1.807, 2.05) is 17.6 Å². The van der Waals surface area contributed by atoms with Gasteiger partial charge in [0, 0.05) is 30.8 Å². The van der Waals surface area contributed by atoms with Gasteiger partial charge >= 0.3 is 0 Å². The molecule has 0 saturated carbocycles. The van der Waals surface area contributed by atoms with Crippen LogP contribution in [0.3, 0.4) is 0 Å². The van der Waals surface area contributed by atoms with Gasteiger partial charge in [0.1, 0.15) is 12.5 Å². The van der Waals surface area contributed by atoms with Crippen LogP contribution in [-0.2, 0) is 11.3 Å². The minimum Gasteiger partial charge on any atom is -0.382 e. The number of hydrogen-bond donors (Lipinski definition) is 2. The minimum absolute atomic E-state index is 0.0699. The third-order valence-electron chi connectivity index (χ3n) is 5.32. The van der Waals surface area contributed by atoms with Gasteiger partial charge in [-0.15, -0.1) is 0 Å². The summed E-state index contributed by atoms with van der Waals surface area (Å²) >= 11 is 1.48. The van der Waals surface area contributed by atoms with Crippen LogP contribution >= 0.6 is 11.8 Å². The number of aromatic nitrogens is 4. The van der Waals surface area contributed by atoms with E-state index in [4.69, 9.17) is 5.73 Å². The van der Waals surface area contributed by atoms with Gasteiger partial charge in [0.25, 0.3) is 0 Å². The topological polar surface area (TPSA) is 98.7 Å². The standard InChI is InChI=1S/C21H29FN6OS/c1-4-14-7-5-6-8-15(22)13(2)11-16(14)30-21-27-18-19(23)25-12-26-20(18)28(21)10-9-17(29)24-3/h7,11-13,15H,4-6,8-10H2,1-3H3,(H,24,29)(H2,23,25,26). The van der Waals surface area contributed by atoms with Crippen molar-refractivity contribution in [2.45, 2.75) is 63.8 Å². The van der Waals surface area contributed by atoms with Gasteiger partial charge in [0.15, 0.2) is 22.1 Å². The van der Waals surface area contributed by atoms with E-state index in [1.165, 1.54) is 23.7 Å². The Morgan fingerprint density at radius 1 is 1.43 bits per heavy atom. The number of imidazole rings is 1. The van der Waals surface area contributed by atoms with Crippen molar-refractivity contribution in [1.29, 1.82) is 0 Å². The van der Waals surface area contributed by atoms with E-state index in [2.05, 4.69) is 33.3 Å². The number of carbonyl (C=O) groups is 1. The molecule has 1 amide bonds. The summed E-state index contributed by atoms with van der Waals surface area (Å²) in [4.78, 5) is 25.9. The largest absolute Gasteiger partial charge is 0.382 e. The number of carbonyl (C=O) groups excluding carboxylic acids is 1. The Morgan fingerprint density at radius 3 is 2.97 bits per heavy atom. The summed E-state index contributed by atoms with van der Waals surface area (Å²) in [7, 11) is 1.61. The van der Waals surface area contributed by atoms with Gasteiger partial charge in [-0.1, -0.05) is 37.8 Å². The number of hydrogen-bond acceptors (Lipinski definition) is 6. The number of nitrogens with one attached hydrogen (secondary N) is 1. The average Bonchev–Trinajstić information content (AvgIpc) is 3.11. The van der Waals surface area contributed by atoms with Gasteiger partial charge < -0.3 is 15.6 Å². The minimum atomic E-state index is -0.862. The van der Waals surface area contributed by atoms with E-state index in [9.17, 15) is 9.18 Å². The zero-order valence-corrected chi connectivity index (χ0v) is 18.5. The van der Waals surface area contributed by atoms with Crippen LogP contribution in [0.2, 0.25) is 0 Å². The number of allylic oxidation sites excluding steroid dienone is 3. The molecule has 9 heteroatoms. The number of amides is 1. The normalized spacial score (nSPS) is 20.1. The number of rotatable bonds is 6. The zero-order valence-electron chi connectivity index (χ0n) is 17.7.